The van der Waals surface area contributed by atoms with Crippen LogP contribution in [0.25, 0.3) is 17.3 Å². The molecular weight excluding hydrogens is 500 g/mol. The molecule has 0 saturated carbocycles. The minimum absolute atomic E-state index is 0.0681. The van der Waals surface area contributed by atoms with Crippen molar-refractivity contribution in [2.75, 3.05) is 0 Å². The van der Waals surface area contributed by atoms with Gasteiger partial charge >= 0.3 is 5.76 Å². The van der Waals surface area contributed by atoms with E-state index >= 15 is 4.39 Å². The van der Waals surface area contributed by atoms with Crippen LogP contribution in [0.15, 0.2) is 79.8 Å². The highest BCUT2D eigenvalue weighted by atomic mass is 35.5. The van der Waals surface area contributed by atoms with Gasteiger partial charge in [-0.1, -0.05) is 36.7 Å². The summed E-state index contributed by atoms with van der Waals surface area (Å²) < 4.78 is 34.7. The van der Waals surface area contributed by atoms with E-state index in [1.165, 1.54) is 47.3 Å². The van der Waals surface area contributed by atoms with Crippen molar-refractivity contribution in [1.82, 2.24) is 9.55 Å². The molecule has 0 aliphatic heterocycles. The monoisotopic (exact) mass is 523 g/mol. The number of hydrogen-bond acceptors (Lipinski definition) is 4. The van der Waals surface area contributed by atoms with E-state index in [4.69, 9.17) is 16.0 Å². The molecule has 6 nitrogen and oxygen atoms in total. The molecule has 190 valence electrons. The molecule has 0 bridgehead atoms. The fourth-order valence-electron chi connectivity index (χ4n) is 4.06. The highest BCUT2D eigenvalue weighted by Gasteiger charge is 2.18. The maximum Gasteiger partial charge on any atom is 0.417 e. The number of halogens is 3. The lowest BCUT2D eigenvalue weighted by molar-refractivity contribution is 0.523. The molecule has 0 saturated heterocycles. The number of fused-ring (bicyclic) bond motifs is 1. The van der Waals surface area contributed by atoms with Crippen LogP contribution in [0.3, 0.4) is 0 Å². The van der Waals surface area contributed by atoms with E-state index in [-0.39, 0.29) is 39.1 Å². The normalized spacial score (nSPS) is 13.3. The van der Waals surface area contributed by atoms with Crippen LogP contribution in [-0.2, 0) is 6.42 Å². The van der Waals surface area contributed by atoms with Crippen LogP contribution in [-0.4, -0.2) is 15.3 Å². The maximum atomic E-state index is 15.1. The van der Waals surface area contributed by atoms with Gasteiger partial charge in [-0.2, -0.15) is 0 Å². The third kappa shape index (κ3) is 5.54. The number of hydrogen-bond donors (Lipinski definition) is 1. The molecule has 37 heavy (non-hydrogen) atoms. The number of aromatic amines is 1. The Morgan fingerprint density at radius 3 is 2.62 bits per heavy atom. The number of nitrogens with zero attached hydrogens (tertiary/aromatic N) is 2. The smallest absolute Gasteiger partial charge is 0.405 e. The molecule has 0 aliphatic rings. The van der Waals surface area contributed by atoms with Gasteiger partial charge in [0.05, 0.1) is 11.2 Å². The molecule has 1 unspecified atom stereocenters. The van der Waals surface area contributed by atoms with Gasteiger partial charge in [0, 0.05) is 23.7 Å². The Balaban J connectivity index is 1.70. The lowest BCUT2D eigenvalue weighted by atomic mass is 9.93. The fraction of sp³-hybridized carbons (Fsp3) is 0.179. The Morgan fingerprint density at radius 2 is 1.92 bits per heavy atom. The first-order valence-corrected chi connectivity index (χ1v) is 11.9. The van der Waals surface area contributed by atoms with Gasteiger partial charge in [0.2, 0.25) is 0 Å². The number of aromatic nitrogens is 2. The number of pyridine rings is 1. The Hall–Kier alpha value is -4.04. The van der Waals surface area contributed by atoms with Crippen LogP contribution >= 0.6 is 11.6 Å². The summed E-state index contributed by atoms with van der Waals surface area (Å²) in [6, 6.07) is 11.0. The second kappa shape index (κ2) is 10.9. The predicted molar refractivity (Wildman–Crippen MR) is 142 cm³/mol. The van der Waals surface area contributed by atoms with Crippen LogP contribution in [0, 0.1) is 18.6 Å². The number of nitrogens with one attached hydrogen (secondary N) is 1. The van der Waals surface area contributed by atoms with Gasteiger partial charge in [0.15, 0.2) is 11.4 Å². The van der Waals surface area contributed by atoms with Gasteiger partial charge in [-0.3, -0.25) is 19.3 Å². The first kappa shape index (κ1) is 26.0. The zero-order chi connectivity index (χ0) is 26.7. The van der Waals surface area contributed by atoms with Gasteiger partial charge in [-0.15, -0.1) is 0 Å². The lowest BCUT2D eigenvalue weighted by Crippen LogP contribution is -2.21. The van der Waals surface area contributed by atoms with E-state index in [9.17, 15) is 14.0 Å². The van der Waals surface area contributed by atoms with E-state index in [0.717, 1.165) is 5.56 Å². The number of oxazole rings is 1. The fourth-order valence-corrected chi connectivity index (χ4v) is 4.39. The van der Waals surface area contributed by atoms with Crippen molar-refractivity contribution in [3.63, 3.8) is 0 Å². The molecule has 2 heterocycles. The summed E-state index contributed by atoms with van der Waals surface area (Å²) >= 11 is 6.49. The average Bonchev–Trinajstić information content (AvgIpc) is 3.26. The second-order valence-corrected chi connectivity index (χ2v) is 8.97. The van der Waals surface area contributed by atoms with E-state index in [0.29, 0.717) is 17.7 Å². The summed E-state index contributed by atoms with van der Waals surface area (Å²) in [4.78, 5) is 31.4. The molecular formula is C28H24ClF2N3O3. The largest absolute Gasteiger partial charge is 0.417 e. The van der Waals surface area contributed by atoms with Crippen molar-refractivity contribution in [2.45, 2.75) is 33.1 Å². The van der Waals surface area contributed by atoms with Crippen molar-refractivity contribution in [3.8, 4) is 0 Å². The van der Waals surface area contributed by atoms with E-state index in [1.807, 2.05) is 13.0 Å². The average molecular weight is 524 g/mol. The van der Waals surface area contributed by atoms with Gasteiger partial charge in [-0.25, -0.2) is 13.6 Å². The van der Waals surface area contributed by atoms with Crippen molar-refractivity contribution in [1.29, 1.82) is 0 Å². The first-order chi connectivity index (χ1) is 17.7. The summed E-state index contributed by atoms with van der Waals surface area (Å²) in [6.45, 7) is 5.47. The summed E-state index contributed by atoms with van der Waals surface area (Å²) in [5.74, 6) is -1.92. The van der Waals surface area contributed by atoms with Crippen molar-refractivity contribution >= 4 is 34.6 Å². The number of allylic oxidation sites excluding steroid dienone is 2. The molecule has 0 radical (unpaired) electrons. The summed E-state index contributed by atoms with van der Waals surface area (Å²) in [5, 5.41) is 0.0681. The Labute approximate surface area is 216 Å². The Kier molecular flexibility index (Phi) is 7.69. The van der Waals surface area contributed by atoms with Gasteiger partial charge in [0.1, 0.15) is 10.8 Å². The van der Waals surface area contributed by atoms with Crippen LogP contribution in [0.1, 0.15) is 42.1 Å². The highest BCUT2D eigenvalue weighted by molar-refractivity contribution is 6.31. The van der Waals surface area contributed by atoms with Crippen LogP contribution in [0.2, 0.25) is 5.02 Å². The van der Waals surface area contributed by atoms with Gasteiger partial charge in [0.25, 0.3) is 5.56 Å². The molecule has 4 aromatic rings. The Bertz CT molecular complexity index is 1660. The van der Waals surface area contributed by atoms with Crippen LogP contribution in [0.4, 0.5) is 8.78 Å². The zero-order valence-corrected chi connectivity index (χ0v) is 21.1. The third-order valence-electron chi connectivity index (χ3n) is 5.94. The quantitative estimate of drug-likeness (QED) is 0.286. The van der Waals surface area contributed by atoms with E-state index in [2.05, 4.69) is 9.98 Å². The van der Waals surface area contributed by atoms with E-state index < -0.39 is 17.1 Å². The molecule has 9 heteroatoms. The molecule has 1 N–H and O–H groups in total. The molecule has 2 aromatic carbocycles. The SMILES string of the molecule is C/C=C/N=C(/C=C/n1c(C)cc(C(C)Cc2ccc(F)cc2)c(Cl)c1=O)c1ccc2[nH]c(=O)oc2c1F. The molecule has 0 amide bonds. The first-order valence-electron chi connectivity index (χ1n) is 11.5. The zero-order valence-electron chi connectivity index (χ0n) is 20.4. The van der Waals surface area contributed by atoms with Crippen LogP contribution in [0.5, 0.6) is 0 Å². The minimum atomic E-state index is -0.765. The predicted octanol–water partition coefficient (Wildman–Crippen LogP) is 6.36. The third-order valence-corrected chi connectivity index (χ3v) is 6.32. The molecule has 2 aromatic heterocycles. The second-order valence-electron chi connectivity index (χ2n) is 8.59. The number of benzene rings is 2. The maximum absolute atomic E-state index is 15.1. The van der Waals surface area contributed by atoms with E-state index in [1.54, 1.807) is 32.1 Å². The highest BCUT2D eigenvalue weighted by Crippen LogP contribution is 2.26. The number of aryl methyl sites for hydroxylation is 1. The van der Waals surface area contributed by atoms with Crippen LogP contribution < -0.4 is 11.3 Å². The number of rotatable bonds is 7. The molecule has 1 atom stereocenters. The van der Waals surface area contributed by atoms with Crippen molar-refractivity contribution in [3.05, 3.63) is 121 Å². The lowest BCUT2D eigenvalue weighted by Gasteiger charge is -2.16. The topological polar surface area (TPSA) is 80.4 Å². The van der Waals surface area contributed by atoms with Gasteiger partial charge in [-0.05, 0) is 73.7 Å². The molecule has 4 rings (SSSR count). The van der Waals surface area contributed by atoms with Gasteiger partial charge < -0.3 is 4.42 Å². The molecule has 0 aliphatic carbocycles. The minimum Gasteiger partial charge on any atom is -0.405 e. The standard InChI is InChI=1S/C28H24ClF2N3O3/c1-4-12-32-22(20-9-10-23-26(25(20)31)37-28(36)33-23)11-13-34-17(3)15-21(24(29)27(34)35)16(2)14-18-5-7-19(30)8-6-18/h4-13,15-16H,14H2,1-3H3,(H,33,36)/b12-4+,13-11+,32-22-. The van der Waals surface area contributed by atoms with Crippen molar-refractivity contribution < 1.29 is 13.2 Å². The molecule has 0 spiro atoms. The summed E-state index contributed by atoms with van der Waals surface area (Å²) in [7, 11) is 0. The molecule has 0 fully saturated rings. The Morgan fingerprint density at radius 1 is 1.19 bits per heavy atom. The van der Waals surface area contributed by atoms with Crippen molar-refractivity contribution in [2.24, 2.45) is 4.99 Å². The number of aliphatic imine (C=N–C) groups is 1. The summed E-state index contributed by atoms with van der Waals surface area (Å²) in [5.41, 5.74) is 2.10. The summed E-state index contributed by atoms with van der Waals surface area (Å²) in [6.07, 6.45) is 6.69. The number of H-pyrrole nitrogens is 1.